The van der Waals surface area contributed by atoms with Crippen LogP contribution in [0, 0.1) is 0 Å². The Morgan fingerprint density at radius 2 is 2.00 bits per heavy atom. The zero-order valence-corrected chi connectivity index (χ0v) is 11.5. The summed E-state index contributed by atoms with van der Waals surface area (Å²) >= 11 is 8.18. The lowest BCUT2D eigenvalue weighted by molar-refractivity contribution is 0.289. The molecule has 2 N–H and O–H groups in total. The molecule has 0 amide bonds. The van der Waals surface area contributed by atoms with Gasteiger partial charge in [-0.25, -0.2) is 0 Å². The lowest BCUT2D eigenvalue weighted by Gasteiger charge is -2.27. The average Bonchev–Trinajstić information content (AvgIpc) is 2.38. The summed E-state index contributed by atoms with van der Waals surface area (Å²) in [5.41, 5.74) is 7.27. The van der Waals surface area contributed by atoms with E-state index in [1.807, 2.05) is 36.0 Å². The van der Waals surface area contributed by atoms with Gasteiger partial charge >= 0.3 is 0 Å². The van der Waals surface area contributed by atoms with E-state index in [1.165, 1.54) is 24.6 Å². The Morgan fingerprint density at radius 3 is 2.71 bits per heavy atom. The first-order chi connectivity index (χ1) is 8.27. The second-order valence-corrected chi connectivity index (χ2v) is 6.00. The Morgan fingerprint density at radius 1 is 1.29 bits per heavy atom. The lowest BCUT2D eigenvalue weighted by Crippen LogP contribution is -2.34. The van der Waals surface area contributed by atoms with Gasteiger partial charge < -0.3 is 10.6 Å². The van der Waals surface area contributed by atoms with Crippen LogP contribution in [-0.4, -0.2) is 36.0 Å². The number of benzene rings is 1. The summed E-state index contributed by atoms with van der Waals surface area (Å²) in [5, 5.41) is 0.786. The monoisotopic (exact) mass is 270 g/mol. The maximum atomic E-state index is 6.20. The van der Waals surface area contributed by atoms with E-state index in [1.54, 1.807) is 0 Å². The minimum Gasteiger partial charge on any atom is -0.324 e. The molecule has 17 heavy (non-hydrogen) atoms. The quantitative estimate of drug-likeness (QED) is 0.912. The summed E-state index contributed by atoms with van der Waals surface area (Å²) in [6.45, 7) is 3.47. The number of nitrogens with zero attached hydrogens (tertiary/aromatic N) is 1. The van der Waals surface area contributed by atoms with Crippen LogP contribution < -0.4 is 5.73 Å². The Labute approximate surface area is 113 Å². The van der Waals surface area contributed by atoms with Gasteiger partial charge in [0.15, 0.2) is 0 Å². The molecule has 1 unspecified atom stereocenters. The van der Waals surface area contributed by atoms with E-state index >= 15 is 0 Å². The van der Waals surface area contributed by atoms with E-state index in [2.05, 4.69) is 4.90 Å². The molecule has 1 atom stereocenters. The van der Waals surface area contributed by atoms with Crippen LogP contribution in [0.3, 0.4) is 0 Å². The molecule has 1 aliphatic heterocycles. The van der Waals surface area contributed by atoms with Crippen molar-refractivity contribution in [1.29, 1.82) is 0 Å². The summed E-state index contributed by atoms with van der Waals surface area (Å²) < 4.78 is 0. The molecule has 1 aliphatic rings. The summed E-state index contributed by atoms with van der Waals surface area (Å²) in [4.78, 5) is 2.49. The molecule has 1 heterocycles. The molecule has 1 fully saturated rings. The molecular formula is C13H19ClN2S. The largest absolute Gasteiger partial charge is 0.324 e. The van der Waals surface area contributed by atoms with Crippen LogP contribution in [0.15, 0.2) is 24.3 Å². The highest BCUT2D eigenvalue weighted by atomic mass is 35.5. The van der Waals surface area contributed by atoms with E-state index in [9.17, 15) is 0 Å². The molecule has 94 valence electrons. The van der Waals surface area contributed by atoms with E-state index in [0.717, 1.165) is 23.6 Å². The van der Waals surface area contributed by atoms with E-state index < -0.39 is 0 Å². The van der Waals surface area contributed by atoms with Crippen molar-refractivity contribution in [3.8, 4) is 0 Å². The minimum absolute atomic E-state index is 0.0540. The molecule has 2 rings (SSSR count). The van der Waals surface area contributed by atoms with Crippen molar-refractivity contribution in [2.24, 2.45) is 5.73 Å². The lowest BCUT2D eigenvalue weighted by atomic mass is 10.0. The van der Waals surface area contributed by atoms with Crippen molar-refractivity contribution >= 4 is 23.4 Å². The second kappa shape index (κ2) is 6.64. The number of hydrogen-bond acceptors (Lipinski definition) is 3. The summed E-state index contributed by atoms with van der Waals surface area (Å²) in [5.74, 6) is 2.50. The highest BCUT2D eigenvalue weighted by Gasteiger charge is 2.14. The van der Waals surface area contributed by atoms with E-state index in [0.29, 0.717) is 0 Å². The number of rotatable bonds is 4. The molecule has 0 radical (unpaired) electrons. The fourth-order valence-corrected chi connectivity index (χ4v) is 3.33. The molecular weight excluding hydrogens is 252 g/mol. The number of thioether (sulfide) groups is 1. The molecule has 0 saturated carbocycles. The SMILES string of the molecule is NC(CCN1CCSCC1)c1ccccc1Cl. The van der Waals surface area contributed by atoms with Crippen LogP contribution >= 0.6 is 23.4 Å². The van der Waals surface area contributed by atoms with Crippen molar-refractivity contribution in [2.45, 2.75) is 12.5 Å². The Kier molecular flexibility index (Phi) is 5.16. The van der Waals surface area contributed by atoms with Gasteiger partial charge in [-0.3, -0.25) is 0 Å². The molecule has 0 bridgehead atoms. The molecule has 1 saturated heterocycles. The Balaban J connectivity index is 1.84. The first-order valence-electron chi connectivity index (χ1n) is 6.07. The van der Waals surface area contributed by atoms with Crippen LogP contribution in [0.5, 0.6) is 0 Å². The third kappa shape index (κ3) is 3.88. The third-order valence-corrected chi connectivity index (χ3v) is 4.45. The third-order valence-electron chi connectivity index (χ3n) is 3.16. The highest BCUT2D eigenvalue weighted by Crippen LogP contribution is 2.23. The topological polar surface area (TPSA) is 29.3 Å². The normalized spacial score (nSPS) is 19.2. The second-order valence-electron chi connectivity index (χ2n) is 4.37. The van der Waals surface area contributed by atoms with Gasteiger partial charge in [0, 0.05) is 42.2 Å². The molecule has 0 aromatic heterocycles. The standard InChI is InChI=1S/C13H19ClN2S/c14-12-4-2-1-3-11(12)13(15)5-6-16-7-9-17-10-8-16/h1-4,13H,5-10,15H2. The van der Waals surface area contributed by atoms with Gasteiger partial charge in [-0.15, -0.1) is 0 Å². The van der Waals surface area contributed by atoms with Crippen molar-refractivity contribution < 1.29 is 0 Å². The predicted octanol–water partition coefficient (Wildman–Crippen LogP) is 2.78. The van der Waals surface area contributed by atoms with Gasteiger partial charge in [-0.05, 0) is 18.1 Å². The smallest absolute Gasteiger partial charge is 0.0453 e. The fourth-order valence-electron chi connectivity index (χ4n) is 2.08. The van der Waals surface area contributed by atoms with Crippen LogP contribution in [0.1, 0.15) is 18.0 Å². The molecule has 1 aromatic carbocycles. The summed E-state index contributed by atoms with van der Waals surface area (Å²) in [6.07, 6.45) is 0.981. The van der Waals surface area contributed by atoms with E-state index in [-0.39, 0.29) is 6.04 Å². The van der Waals surface area contributed by atoms with Crippen molar-refractivity contribution in [1.82, 2.24) is 4.90 Å². The molecule has 0 aliphatic carbocycles. The van der Waals surface area contributed by atoms with Gasteiger partial charge in [-0.2, -0.15) is 11.8 Å². The molecule has 1 aromatic rings. The summed E-state index contributed by atoms with van der Waals surface area (Å²) in [6, 6.07) is 7.94. The van der Waals surface area contributed by atoms with Crippen LogP contribution in [0.4, 0.5) is 0 Å². The van der Waals surface area contributed by atoms with Crippen LogP contribution in [0.2, 0.25) is 5.02 Å². The molecule has 0 spiro atoms. The van der Waals surface area contributed by atoms with Gasteiger partial charge in [0.1, 0.15) is 0 Å². The molecule has 2 nitrogen and oxygen atoms in total. The van der Waals surface area contributed by atoms with Crippen molar-refractivity contribution in [2.75, 3.05) is 31.1 Å². The maximum Gasteiger partial charge on any atom is 0.0453 e. The highest BCUT2D eigenvalue weighted by molar-refractivity contribution is 7.99. The van der Waals surface area contributed by atoms with Gasteiger partial charge in [0.2, 0.25) is 0 Å². The minimum atomic E-state index is 0.0540. The number of halogens is 1. The number of nitrogens with two attached hydrogens (primary N) is 1. The number of hydrogen-bond donors (Lipinski definition) is 1. The summed E-state index contributed by atoms with van der Waals surface area (Å²) in [7, 11) is 0. The first kappa shape index (κ1) is 13.2. The average molecular weight is 271 g/mol. The van der Waals surface area contributed by atoms with Gasteiger partial charge in [0.05, 0.1) is 0 Å². The fraction of sp³-hybridized carbons (Fsp3) is 0.538. The Bertz CT molecular complexity index is 353. The van der Waals surface area contributed by atoms with Crippen molar-refractivity contribution in [3.63, 3.8) is 0 Å². The molecule has 4 heteroatoms. The van der Waals surface area contributed by atoms with Crippen LogP contribution in [0.25, 0.3) is 0 Å². The first-order valence-corrected chi connectivity index (χ1v) is 7.61. The van der Waals surface area contributed by atoms with Gasteiger partial charge in [-0.1, -0.05) is 29.8 Å². The van der Waals surface area contributed by atoms with Crippen molar-refractivity contribution in [3.05, 3.63) is 34.9 Å². The van der Waals surface area contributed by atoms with E-state index in [4.69, 9.17) is 17.3 Å². The zero-order valence-electron chi connectivity index (χ0n) is 9.94. The Hall–Kier alpha value is -0.220. The maximum absolute atomic E-state index is 6.20. The predicted molar refractivity (Wildman–Crippen MR) is 76.8 cm³/mol. The zero-order chi connectivity index (χ0) is 12.1. The van der Waals surface area contributed by atoms with Crippen LogP contribution in [-0.2, 0) is 0 Å². The van der Waals surface area contributed by atoms with Gasteiger partial charge in [0.25, 0.3) is 0 Å².